The maximum atomic E-state index is 5.93. The first-order valence-corrected chi connectivity index (χ1v) is 8.88. The molecule has 0 radical (unpaired) electrons. The third-order valence-corrected chi connectivity index (χ3v) is 3.37. The van der Waals surface area contributed by atoms with Gasteiger partial charge in [-0.25, -0.2) is 0 Å². The predicted molar refractivity (Wildman–Crippen MR) is 64.7 cm³/mol. The molecule has 0 amide bonds. The fraction of sp³-hybridized carbons (Fsp3) is 0.667. The van der Waals surface area contributed by atoms with E-state index in [-0.39, 0.29) is 0 Å². The van der Waals surface area contributed by atoms with Crippen molar-refractivity contribution in [3.05, 3.63) is 23.5 Å². The molecule has 0 atom stereocenters. The van der Waals surface area contributed by atoms with Crippen molar-refractivity contribution in [2.45, 2.75) is 52.2 Å². The van der Waals surface area contributed by atoms with Gasteiger partial charge in [-0.05, 0) is 57.8 Å². The first kappa shape index (κ1) is 11.6. The highest BCUT2D eigenvalue weighted by Gasteiger charge is 2.20. The lowest BCUT2D eigenvalue weighted by Gasteiger charge is -2.26. The predicted octanol–water partition coefficient (Wildman–Crippen LogP) is 4.24. The molecule has 0 aromatic carbocycles. The molecule has 0 aromatic rings. The van der Waals surface area contributed by atoms with Gasteiger partial charge >= 0.3 is 0 Å². The van der Waals surface area contributed by atoms with Crippen LogP contribution in [0.4, 0.5) is 0 Å². The van der Waals surface area contributed by atoms with Crippen molar-refractivity contribution in [3.8, 4) is 0 Å². The van der Waals surface area contributed by atoms with Crippen molar-refractivity contribution >= 4 is 8.32 Å². The molecule has 0 heterocycles. The Kier molecular flexibility index (Phi) is 3.59. The minimum atomic E-state index is -1.47. The Balaban J connectivity index is 2.69. The summed E-state index contributed by atoms with van der Waals surface area (Å²) in [5.74, 6) is 0.946. The molecule has 0 aliphatic heterocycles. The van der Waals surface area contributed by atoms with Crippen LogP contribution in [0.2, 0.25) is 19.6 Å². The fourth-order valence-corrected chi connectivity index (χ4v) is 2.73. The Bertz CT molecular complexity index is 258. The highest BCUT2D eigenvalue weighted by atomic mass is 28.4. The molecule has 0 N–H and O–H groups in total. The lowest BCUT2D eigenvalue weighted by atomic mass is 9.92. The van der Waals surface area contributed by atoms with Crippen LogP contribution in [-0.2, 0) is 4.43 Å². The van der Waals surface area contributed by atoms with E-state index in [1.165, 1.54) is 30.4 Å². The molecule has 0 saturated carbocycles. The second kappa shape index (κ2) is 4.35. The van der Waals surface area contributed by atoms with Crippen LogP contribution in [-0.4, -0.2) is 8.32 Å². The molecule has 1 aliphatic carbocycles. The van der Waals surface area contributed by atoms with Gasteiger partial charge in [-0.1, -0.05) is 12.2 Å². The first-order valence-electron chi connectivity index (χ1n) is 5.47. The van der Waals surface area contributed by atoms with Crippen molar-refractivity contribution in [2.24, 2.45) is 0 Å². The van der Waals surface area contributed by atoms with Gasteiger partial charge in [0.2, 0.25) is 8.32 Å². The molecule has 1 nitrogen and oxygen atoms in total. The van der Waals surface area contributed by atoms with Gasteiger partial charge in [-0.15, -0.1) is 0 Å². The van der Waals surface area contributed by atoms with E-state index in [0.29, 0.717) is 0 Å². The van der Waals surface area contributed by atoms with Crippen LogP contribution in [0.1, 0.15) is 32.6 Å². The van der Waals surface area contributed by atoms with Crippen LogP contribution >= 0.6 is 0 Å². The number of allylic oxidation sites excluding steroid dienone is 2. The Morgan fingerprint density at radius 3 is 2.29 bits per heavy atom. The highest BCUT2D eigenvalue weighted by Crippen LogP contribution is 2.30. The minimum Gasteiger partial charge on any atom is -0.545 e. The first-order chi connectivity index (χ1) is 6.40. The molecule has 1 aliphatic rings. The summed E-state index contributed by atoms with van der Waals surface area (Å²) in [7, 11) is -1.47. The van der Waals surface area contributed by atoms with E-state index < -0.39 is 8.32 Å². The van der Waals surface area contributed by atoms with Gasteiger partial charge in [0, 0.05) is 0 Å². The van der Waals surface area contributed by atoms with Crippen molar-refractivity contribution in [1.82, 2.24) is 0 Å². The molecule has 0 fully saturated rings. The van der Waals surface area contributed by atoms with E-state index in [1.54, 1.807) is 0 Å². The monoisotopic (exact) mass is 210 g/mol. The quantitative estimate of drug-likeness (QED) is 0.500. The third-order valence-electron chi connectivity index (χ3n) is 2.51. The van der Waals surface area contributed by atoms with Crippen molar-refractivity contribution < 1.29 is 4.43 Å². The average molecular weight is 210 g/mol. The molecular weight excluding hydrogens is 188 g/mol. The smallest absolute Gasteiger partial charge is 0.242 e. The lowest BCUT2D eigenvalue weighted by Crippen LogP contribution is -2.25. The zero-order valence-corrected chi connectivity index (χ0v) is 10.9. The maximum Gasteiger partial charge on any atom is 0.242 e. The van der Waals surface area contributed by atoms with Crippen molar-refractivity contribution in [1.29, 1.82) is 0 Å². The number of hydrogen-bond donors (Lipinski definition) is 0. The van der Waals surface area contributed by atoms with Gasteiger partial charge in [0.1, 0.15) is 0 Å². The lowest BCUT2D eigenvalue weighted by molar-refractivity contribution is 0.424. The van der Waals surface area contributed by atoms with Crippen LogP contribution in [0, 0.1) is 0 Å². The van der Waals surface area contributed by atoms with Gasteiger partial charge in [0.05, 0.1) is 5.76 Å². The van der Waals surface area contributed by atoms with Gasteiger partial charge in [-0.3, -0.25) is 0 Å². The van der Waals surface area contributed by atoms with Crippen LogP contribution in [0.15, 0.2) is 23.5 Å². The van der Waals surface area contributed by atoms with Crippen LogP contribution < -0.4 is 0 Å². The summed E-state index contributed by atoms with van der Waals surface area (Å²) in [4.78, 5) is 0. The van der Waals surface area contributed by atoms with E-state index in [1.807, 2.05) is 0 Å². The molecule has 0 saturated heterocycles. The molecule has 14 heavy (non-hydrogen) atoms. The zero-order chi connectivity index (χ0) is 10.8. The molecule has 0 bridgehead atoms. The summed E-state index contributed by atoms with van der Waals surface area (Å²) in [5.41, 5.74) is 2.87. The van der Waals surface area contributed by atoms with Gasteiger partial charge in [-0.2, -0.15) is 0 Å². The summed E-state index contributed by atoms with van der Waals surface area (Å²) in [6.07, 6.45) is 5.01. The van der Waals surface area contributed by atoms with E-state index in [2.05, 4.69) is 33.1 Å². The molecule has 0 spiro atoms. The van der Waals surface area contributed by atoms with E-state index >= 15 is 0 Å². The second-order valence-electron chi connectivity index (χ2n) is 5.10. The Morgan fingerprint density at radius 2 is 1.79 bits per heavy atom. The Labute approximate surface area is 89.0 Å². The zero-order valence-electron chi connectivity index (χ0n) is 9.94. The van der Waals surface area contributed by atoms with Crippen molar-refractivity contribution in [2.75, 3.05) is 0 Å². The van der Waals surface area contributed by atoms with E-state index in [4.69, 9.17) is 4.43 Å². The molecule has 1 rings (SSSR count). The molecular formula is C12H22OSi. The Hall–Kier alpha value is -0.503. The van der Waals surface area contributed by atoms with Gasteiger partial charge < -0.3 is 4.43 Å². The normalized spacial score (nSPS) is 18.3. The maximum absolute atomic E-state index is 5.93. The third kappa shape index (κ3) is 3.33. The highest BCUT2D eigenvalue weighted by molar-refractivity contribution is 6.70. The molecule has 80 valence electrons. The second-order valence-corrected chi connectivity index (χ2v) is 9.53. The van der Waals surface area contributed by atoms with Crippen LogP contribution in [0.5, 0.6) is 0 Å². The number of hydrogen-bond acceptors (Lipinski definition) is 1. The van der Waals surface area contributed by atoms with Crippen LogP contribution in [0.25, 0.3) is 0 Å². The largest absolute Gasteiger partial charge is 0.545 e. The number of rotatable bonds is 3. The topological polar surface area (TPSA) is 9.23 Å². The summed E-state index contributed by atoms with van der Waals surface area (Å²) >= 11 is 0. The van der Waals surface area contributed by atoms with Crippen molar-refractivity contribution in [3.63, 3.8) is 0 Å². The molecule has 0 unspecified atom stereocenters. The van der Waals surface area contributed by atoms with Gasteiger partial charge in [0.25, 0.3) is 0 Å². The van der Waals surface area contributed by atoms with Gasteiger partial charge in [0.15, 0.2) is 0 Å². The average Bonchev–Trinajstić information content (AvgIpc) is 2.01. The summed E-state index contributed by atoms with van der Waals surface area (Å²) < 4.78 is 5.93. The minimum absolute atomic E-state index is 0.946. The van der Waals surface area contributed by atoms with Crippen LogP contribution in [0.3, 0.4) is 0 Å². The standard InChI is InChI=1S/C12H22OSi/c1-10-8-6-7-9-12(10)11(2)13-14(3,4)5/h2,6-9H2,1,3-5H3. The molecule has 2 heteroatoms. The fourth-order valence-electron chi connectivity index (χ4n) is 1.86. The summed E-state index contributed by atoms with van der Waals surface area (Å²) in [6, 6.07) is 0. The Morgan fingerprint density at radius 1 is 1.21 bits per heavy atom. The van der Waals surface area contributed by atoms with E-state index in [0.717, 1.165) is 12.2 Å². The SMILES string of the molecule is C=C(O[Si](C)(C)C)C1=C(C)CCCC1. The molecule has 0 aromatic heterocycles. The van der Waals surface area contributed by atoms with E-state index in [9.17, 15) is 0 Å². The summed E-state index contributed by atoms with van der Waals surface area (Å²) in [5, 5.41) is 0. The summed E-state index contributed by atoms with van der Waals surface area (Å²) in [6.45, 7) is 12.9.